The van der Waals surface area contributed by atoms with Gasteiger partial charge in [0.2, 0.25) is 5.79 Å². The fourth-order valence-corrected chi connectivity index (χ4v) is 1.83. The van der Waals surface area contributed by atoms with Crippen molar-refractivity contribution in [3.8, 4) is 0 Å². The molecule has 0 aromatic rings. The van der Waals surface area contributed by atoms with Crippen molar-refractivity contribution in [2.24, 2.45) is 0 Å². The number of aliphatic hydroxyl groups is 3. The van der Waals surface area contributed by atoms with E-state index in [1.165, 1.54) is 0 Å². The van der Waals surface area contributed by atoms with Crippen LogP contribution in [0.15, 0.2) is 0 Å². The topological polar surface area (TPSA) is 142 Å². The van der Waals surface area contributed by atoms with Gasteiger partial charge in [-0.3, -0.25) is 0 Å². The average molecular weight is 256 g/mol. The summed E-state index contributed by atoms with van der Waals surface area (Å²) in [5.41, 5.74) is 0. The minimum atomic E-state index is -5.27. The van der Waals surface area contributed by atoms with Crippen LogP contribution >= 0.6 is 7.82 Å². The van der Waals surface area contributed by atoms with Crippen molar-refractivity contribution in [1.29, 1.82) is 0 Å². The van der Waals surface area contributed by atoms with Gasteiger partial charge in [0.05, 0.1) is 13.9 Å². The van der Waals surface area contributed by atoms with Crippen LogP contribution in [0.1, 0.15) is 13.3 Å². The predicted molar refractivity (Wildman–Crippen MR) is 45.7 cm³/mol. The van der Waals surface area contributed by atoms with Gasteiger partial charge in [0.25, 0.3) is 0 Å². The molecule has 0 amide bonds. The Bertz CT molecular complexity index is 290. The summed E-state index contributed by atoms with van der Waals surface area (Å²) < 4.78 is 18.9. The number of phosphoric acid groups is 1. The predicted octanol–water partition coefficient (Wildman–Crippen LogP) is -2.95. The highest BCUT2D eigenvalue weighted by Gasteiger charge is 2.52. The first-order valence-corrected chi connectivity index (χ1v) is 6.08. The molecule has 1 aliphatic rings. The normalized spacial score (nSPS) is 40.2. The molecule has 8 nitrogen and oxygen atoms in total. The van der Waals surface area contributed by atoms with Crippen LogP contribution in [0.3, 0.4) is 0 Å². The van der Waals surface area contributed by atoms with Crippen LogP contribution in [0, 0.1) is 0 Å². The maximum absolute atomic E-state index is 10.2. The van der Waals surface area contributed by atoms with Crippen LogP contribution < -0.4 is 9.79 Å². The van der Waals surface area contributed by atoms with E-state index in [0.717, 1.165) is 0 Å². The summed E-state index contributed by atoms with van der Waals surface area (Å²) in [4.78, 5) is 20.4. The molecule has 0 bridgehead atoms. The number of ether oxygens (including phenoxy) is 1. The van der Waals surface area contributed by atoms with E-state index in [4.69, 9.17) is 4.74 Å². The molecule has 1 aliphatic heterocycles. The van der Waals surface area contributed by atoms with E-state index in [2.05, 4.69) is 4.52 Å². The molecule has 0 aliphatic carbocycles. The van der Waals surface area contributed by atoms with Gasteiger partial charge in [-0.05, 0) is 6.42 Å². The van der Waals surface area contributed by atoms with Crippen LogP contribution in [0.25, 0.3) is 0 Å². The highest BCUT2D eigenvalue weighted by atomic mass is 31.2. The lowest BCUT2D eigenvalue weighted by atomic mass is 10.0. The largest absolute Gasteiger partial charge is 0.790 e. The fraction of sp³-hybridized carbons (Fsp3) is 1.00. The summed E-state index contributed by atoms with van der Waals surface area (Å²) in [5, 5.41) is 28.5. The van der Waals surface area contributed by atoms with Crippen LogP contribution in [0.2, 0.25) is 0 Å². The van der Waals surface area contributed by atoms with Crippen molar-refractivity contribution in [2.75, 3.05) is 6.61 Å². The number of hydrogen-bond donors (Lipinski definition) is 3. The van der Waals surface area contributed by atoms with Crippen LogP contribution in [-0.2, 0) is 13.8 Å². The van der Waals surface area contributed by atoms with Crippen molar-refractivity contribution in [1.82, 2.24) is 0 Å². The number of aliphatic hydroxyl groups excluding tert-OH is 2. The molecule has 1 heterocycles. The molecule has 0 aromatic heterocycles. The van der Waals surface area contributed by atoms with E-state index in [1.54, 1.807) is 6.92 Å². The molecule has 0 saturated carbocycles. The van der Waals surface area contributed by atoms with Gasteiger partial charge in [0.1, 0.15) is 18.8 Å². The molecule has 16 heavy (non-hydrogen) atoms. The second kappa shape index (κ2) is 4.67. The minimum Gasteiger partial charge on any atom is -0.790 e. The summed E-state index contributed by atoms with van der Waals surface area (Å²) in [6.07, 6.45) is -3.64. The van der Waals surface area contributed by atoms with E-state index < -0.39 is 38.5 Å². The summed E-state index contributed by atoms with van der Waals surface area (Å²) in [7, 11) is -5.27. The SMILES string of the molecule is CC[C@@H]1O[C@](O)(COP(=O)([O-])[O-])C(O)C1O. The summed E-state index contributed by atoms with van der Waals surface area (Å²) >= 11 is 0. The first kappa shape index (κ1) is 14.0. The molecule has 4 atom stereocenters. The van der Waals surface area contributed by atoms with E-state index in [9.17, 15) is 29.7 Å². The van der Waals surface area contributed by atoms with Gasteiger partial charge in [-0.1, -0.05) is 6.92 Å². The summed E-state index contributed by atoms with van der Waals surface area (Å²) in [6.45, 7) is 0.589. The second-order valence-corrected chi connectivity index (χ2v) is 4.72. The molecule has 1 saturated heterocycles. The Balaban J connectivity index is 2.67. The van der Waals surface area contributed by atoms with Gasteiger partial charge in [0.15, 0.2) is 0 Å². The van der Waals surface area contributed by atoms with E-state index in [0.29, 0.717) is 6.42 Å². The third-order valence-electron chi connectivity index (χ3n) is 2.35. The quantitative estimate of drug-likeness (QED) is 0.453. The zero-order chi connectivity index (χ0) is 12.6. The lowest BCUT2D eigenvalue weighted by molar-refractivity contribution is -0.350. The van der Waals surface area contributed by atoms with Gasteiger partial charge in [-0.15, -0.1) is 0 Å². The van der Waals surface area contributed by atoms with Gasteiger partial charge in [-0.25, -0.2) is 0 Å². The number of phosphoric ester groups is 1. The third-order valence-corrected chi connectivity index (χ3v) is 2.80. The Morgan fingerprint density at radius 1 is 1.50 bits per heavy atom. The summed E-state index contributed by atoms with van der Waals surface area (Å²) in [5.74, 6) is -2.38. The van der Waals surface area contributed by atoms with Crippen molar-refractivity contribution < 1.29 is 38.9 Å². The van der Waals surface area contributed by atoms with Crippen LogP contribution in [-0.4, -0.2) is 46.0 Å². The fourth-order valence-electron chi connectivity index (χ4n) is 1.49. The zero-order valence-corrected chi connectivity index (χ0v) is 9.37. The molecule has 96 valence electrons. The van der Waals surface area contributed by atoms with Gasteiger partial charge >= 0.3 is 0 Å². The molecule has 1 rings (SSSR count). The van der Waals surface area contributed by atoms with Crippen molar-refractivity contribution >= 4 is 7.82 Å². The lowest BCUT2D eigenvalue weighted by Crippen LogP contribution is -2.47. The standard InChI is InChI=1S/C7H15O8P/c1-2-4-5(8)6(9)7(10,15-4)3-14-16(11,12)13/h4-6,8-10H,2-3H2,1H3,(H2,11,12,13)/p-2/t4-,5?,6?,7+/m0/s1. The van der Waals surface area contributed by atoms with Crippen molar-refractivity contribution in [2.45, 2.75) is 37.4 Å². The highest BCUT2D eigenvalue weighted by Crippen LogP contribution is 2.34. The molecule has 2 unspecified atom stereocenters. The smallest absolute Gasteiger partial charge is 0.219 e. The third kappa shape index (κ3) is 2.99. The summed E-state index contributed by atoms with van der Waals surface area (Å²) in [6, 6.07) is 0. The minimum absolute atomic E-state index is 0.299. The molecular weight excluding hydrogens is 243 g/mol. The first-order chi connectivity index (χ1) is 7.19. The van der Waals surface area contributed by atoms with E-state index >= 15 is 0 Å². The van der Waals surface area contributed by atoms with Crippen LogP contribution in [0.5, 0.6) is 0 Å². The molecule has 9 heteroatoms. The molecule has 1 fully saturated rings. The monoisotopic (exact) mass is 256 g/mol. The first-order valence-electron chi connectivity index (χ1n) is 4.62. The van der Waals surface area contributed by atoms with Gasteiger partial charge in [0, 0.05) is 0 Å². The van der Waals surface area contributed by atoms with Crippen molar-refractivity contribution in [3.63, 3.8) is 0 Å². The average Bonchev–Trinajstić information content (AvgIpc) is 2.40. The lowest BCUT2D eigenvalue weighted by Gasteiger charge is -2.33. The number of hydrogen-bond acceptors (Lipinski definition) is 8. The zero-order valence-electron chi connectivity index (χ0n) is 8.48. The molecule has 0 radical (unpaired) electrons. The Morgan fingerprint density at radius 2 is 2.06 bits per heavy atom. The van der Waals surface area contributed by atoms with E-state index in [1.807, 2.05) is 0 Å². The number of rotatable bonds is 4. The van der Waals surface area contributed by atoms with Crippen molar-refractivity contribution in [3.05, 3.63) is 0 Å². The van der Waals surface area contributed by atoms with Gasteiger partial charge in [-0.2, -0.15) is 0 Å². The molecular formula is C7H13O8P-2. The molecule has 3 N–H and O–H groups in total. The Morgan fingerprint density at radius 3 is 2.44 bits per heavy atom. The second-order valence-electron chi connectivity index (χ2n) is 3.57. The Kier molecular flexibility index (Phi) is 4.09. The Labute approximate surface area is 91.7 Å². The maximum atomic E-state index is 10.2. The van der Waals surface area contributed by atoms with E-state index in [-0.39, 0.29) is 0 Å². The Hall–Kier alpha value is -0.0500. The van der Waals surface area contributed by atoms with Gasteiger partial charge < -0.3 is 38.9 Å². The maximum Gasteiger partial charge on any atom is 0.219 e. The highest BCUT2D eigenvalue weighted by molar-refractivity contribution is 7.43. The molecule has 0 aromatic carbocycles. The van der Waals surface area contributed by atoms with Crippen LogP contribution in [0.4, 0.5) is 0 Å². The molecule has 0 spiro atoms.